The van der Waals surface area contributed by atoms with E-state index in [1.165, 1.54) is 28.3 Å². The number of carbonyl (C=O) groups excluding carboxylic acids is 1. The molecule has 1 atom stereocenters. The van der Waals surface area contributed by atoms with E-state index >= 15 is 0 Å². The van der Waals surface area contributed by atoms with Gasteiger partial charge in [0.1, 0.15) is 5.82 Å². The van der Waals surface area contributed by atoms with Gasteiger partial charge < -0.3 is 15.4 Å². The molecule has 1 aromatic heterocycles. The van der Waals surface area contributed by atoms with Gasteiger partial charge in [-0.1, -0.05) is 31.5 Å². The number of amides is 1. The van der Waals surface area contributed by atoms with Crippen LogP contribution in [-0.4, -0.2) is 41.0 Å². The lowest BCUT2D eigenvalue weighted by atomic mass is 10.3. The maximum atomic E-state index is 13.2. The summed E-state index contributed by atoms with van der Waals surface area (Å²) in [6.07, 6.45) is 1.58. The summed E-state index contributed by atoms with van der Waals surface area (Å²) in [5, 5.41) is -0.468. The SMILES string of the molecule is CCCCn1c(N)c(N(CCOC)C(=O)C(C)Sc2ccccc2)c(=O)[nH]c1=O. The second-order valence-electron chi connectivity index (χ2n) is 6.55. The van der Waals surface area contributed by atoms with Gasteiger partial charge in [-0.15, -0.1) is 11.8 Å². The third-order valence-corrected chi connectivity index (χ3v) is 5.51. The van der Waals surface area contributed by atoms with Crippen molar-refractivity contribution in [2.75, 3.05) is 30.9 Å². The molecule has 0 radical (unpaired) electrons. The molecule has 158 valence electrons. The van der Waals surface area contributed by atoms with Crippen LogP contribution in [0.5, 0.6) is 0 Å². The molecule has 0 saturated heterocycles. The summed E-state index contributed by atoms with van der Waals surface area (Å²) in [7, 11) is 1.51. The van der Waals surface area contributed by atoms with Crippen LogP contribution in [0, 0.1) is 0 Å². The number of nitrogens with two attached hydrogens (primary N) is 1. The Morgan fingerprint density at radius 2 is 2.00 bits per heavy atom. The molecule has 2 aromatic rings. The van der Waals surface area contributed by atoms with Gasteiger partial charge in [0.2, 0.25) is 5.91 Å². The molecule has 0 aliphatic heterocycles. The number of benzene rings is 1. The number of anilines is 2. The number of hydrogen-bond donors (Lipinski definition) is 2. The average Bonchev–Trinajstić information content (AvgIpc) is 2.70. The maximum Gasteiger partial charge on any atom is 0.330 e. The minimum absolute atomic E-state index is 0.00596. The number of nitrogens with zero attached hydrogens (tertiary/aromatic N) is 2. The second kappa shape index (κ2) is 10.9. The summed E-state index contributed by atoms with van der Waals surface area (Å²) >= 11 is 1.39. The third-order valence-electron chi connectivity index (χ3n) is 4.41. The maximum absolute atomic E-state index is 13.2. The van der Waals surface area contributed by atoms with Gasteiger partial charge in [0.05, 0.1) is 11.9 Å². The van der Waals surface area contributed by atoms with Crippen molar-refractivity contribution < 1.29 is 9.53 Å². The molecule has 0 bridgehead atoms. The lowest BCUT2D eigenvalue weighted by Gasteiger charge is -2.26. The fourth-order valence-corrected chi connectivity index (χ4v) is 3.81. The standard InChI is InChI=1S/C20H28N4O4S/c1-4-5-11-24-17(21)16(18(25)22-20(24)27)23(12-13-28-3)19(26)14(2)29-15-9-7-6-8-10-15/h6-10,14H,4-5,11-13,21H2,1-3H3,(H,22,25,27). The number of carbonyl (C=O) groups is 1. The number of hydrogen-bond acceptors (Lipinski definition) is 6. The first kappa shape index (κ1) is 22.8. The Morgan fingerprint density at radius 3 is 2.62 bits per heavy atom. The molecular weight excluding hydrogens is 392 g/mol. The van der Waals surface area contributed by atoms with Gasteiger partial charge >= 0.3 is 5.69 Å². The Balaban J connectivity index is 2.42. The molecule has 2 rings (SSSR count). The Hall–Kier alpha value is -2.52. The largest absolute Gasteiger partial charge is 0.383 e. The number of nitrogen functional groups attached to an aromatic ring is 1. The van der Waals surface area contributed by atoms with E-state index in [1.807, 2.05) is 37.3 Å². The molecule has 0 fully saturated rings. The number of nitrogens with one attached hydrogen (secondary N) is 1. The zero-order chi connectivity index (χ0) is 21.4. The fraction of sp³-hybridized carbons (Fsp3) is 0.450. The van der Waals surface area contributed by atoms with Crippen LogP contribution in [-0.2, 0) is 16.1 Å². The van der Waals surface area contributed by atoms with Crippen molar-refractivity contribution in [1.82, 2.24) is 9.55 Å². The molecule has 29 heavy (non-hydrogen) atoms. The van der Waals surface area contributed by atoms with Gasteiger partial charge in [-0.25, -0.2) is 4.79 Å². The molecule has 1 amide bonds. The normalized spacial score (nSPS) is 12.0. The van der Waals surface area contributed by atoms with Gasteiger partial charge in [0, 0.05) is 25.1 Å². The van der Waals surface area contributed by atoms with Crippen molar-refractivity contribution in [1.29, 1.82) is 0 Å². The highest BCUT2D eigenvalue weighted by Crippen LogP contribution is 2.26. The van der Waals surface area contributed by atoms with Crippen molar-refractivity contribution in [3.8, 4) is 0 Å². The Morgan fingerprint density at radius 1 is 1.31 bits per heavy atom. The Kier molecular flexibility index (Phi) is 8.53. The van der Waals surface area contributed by atoms with Crippen LogP contribution in [0.3, 0.4) is 0 Å². The number of aromatic amines is 1. The molecule has 1 heterocycles. The third kappa shape index (κ3) is 5.74. The van der Waals surface area contributed by atoms with Crippen molar-refractivity contribution in [2.24, 2.45) is 0 Å². The van der Waals surface area contributed by atoms with Crippen LogP contribution in [0.4, 0.5) is 11.5 Å². The van der Waals surface area contributed by atoms with Crippen LogP contribution in [0.15, 0.2) is 44.8 Å². The van der Waals surface area contributed by atoms with E-state index in [1.54, 1.807) is 6.92 Å². The summed E-state index contributed by atoms with van der Waals surface area (Å²) < 4.78 is 6.43. The number of rotatable bonds is 10. The van der Waals surface area contributed by atoms with Crippen LogP contribution >= 0.6 is 11.8 Å². The van der Waals surface area contributed by atoms with Gasteiger partial charge in [0.15, 0.2) is 5.69 Å². The Bertz CT molecular complexity index is 926. The first-order valence-electron chi connectivity index (χ1n) is 9.55. The van der Waals surface area contributed by atoms with Gasteiger partial charge in [-0.3, -0.25) is 19.1 Å². The minimum Gasteiger partial charge on any atom is -0.383 e. The topological polar surface area (TPSA) is 110 Å². The number of aromatic nitrogens is 2. The molecule has 0 spiro atoms. The zero-order valence-corrected chi connectivity index (χ0v) is 17.8. The molecular formula is C20H28N4O4S. The first-order chi connectivity index (χ1) is 13.9. The van der Waals surface area contributed by atoms with Gasteiger partial charge in [0.25, 0.3) is 5.56 Å². The predicted molar refractivity (Wildman–Crippen MR) is 117 cm³/mol. The smallest absolute Gasteiger partial charge is 0.330 e. The van der Waals surface area contributed by atoms with E-state index in [4.69, 9.17) is 10.5 Å². The van der Waals surface area contributed by atoms with Crippen molar-refractivity contribution in [3.63, 3.8) is 0 Å². The van der Waals surface area contributed by atoms with E-state index in [2.05, 4.69) is 4.98 Å². The number of ether oxygens (including phenoxy) is 1. The lowest BCUT2D eigenvalue weighted by molar-refractivity contribution is -0.118. The second-order valence-corrected chi connectivity index (χ2v) is 7.97. The summed E-state index contributed by atoms with van der Waals surface area (Å²) in [4.78, 5) is 42.6. The molecule has 9 heteroatoms. The fourth-order valence-electron chi connectivity index (χ4n) is 2.86. The van der Waals surface area contributed by atoms with E-state index in [0.717, 1.165) is 17.7 Å². The van der Waals surface area contributed by atoms with Crippen LogP contribution < -0.4 is 21.9 Å². The van der Waals surface area contributed by atoms with E-state index in [9.17, 15) is 14.4 Å². The molecule has 0 saturated carbocycles. The van der Waals surface area contributed by atoms with E-state index in [-0.39, 0.29) is 30.6 Å². The van der Waals surface area contributed by atoms with E-state index < -0.39 is 16.5 Å². The summed E-state index contributed by atoms with van der Waals surface area (Å²) in [5.41, 5.74) is 4.93. The average molecular weight is 421 g/mol. The Labute approximate surface area is 174 Å². The van der Waals surface area contributed by atoms with Crippen LogP contribution in [0.25, 0.3) is 0 Å². The van der Waals surface area contributed by atoms with Crippen LogP contribution in [0.2, 0.25) is 0 Å². The summed E-state index contributed by atoms with van der Waals surface area (Å²) in [5.74, 6) is -0.289. The van der Waals surface area contributed by atoms with Crippen molar-refractivity contribution >= 4 is 29.2 Å². The van der Waals surface area contributed by atoms with Crippen molar-refractivity contribution in [3.05, 3.63) is 51.2 Å². The number of H-pyrrole nitrogens is 1. The van der Waals surface area contributed by atoms with Gasteiger partial charge in [-0.2, -0.15) is 0 Å². The number of methoxy groups -OCH3 is 1. The molecule has 3 N–H and O–H groups in total. The minimum atomic E-state index is -0.679. The highest BCUT2D eigenvalue weighted by Gasteiger charge is 2.28. The summed E-state index contributed by atoms with van der Waals surface area (Å²) in [6, 6.07) is 9.53. The molecule has 1 unspecified atom stereocenters. The monoisotopic (exact) mass is 420 g/mol. The molecule has 1 aromatic carbocycles. The lowest BCUT2D eigenvalue weighted by Crippen LogP contribution is -2.45. The molecule has 8 nitrogen and oxygen atoms in total. The number of unbranched alkanes of at least 4 members (excludes halogenated alkanes) is 1. The number of thioether (sulfide) groups is 1. The predicted octanol–water partition coefficient (Wildman–Crippen LogP) is 2.08. The quantitative estimate of drug-likeness (QED) is 0.570. The van der Waals surface area contributed by atoms with Crippen molar-refractivity contribution in [2.45, 2.75) is 43.4 Å². The van der Waals surface area contributed by atoms with E-state index in [0.29, 0.717) is 6.54 Å². The van der Waals surface area contributed by atoms with Gasteiger partial charge in [-0.05, 0) is 25.5 Å². The molecule has 0 aliphatic rings. The zero-order valence-electron chi connectivity index (χ0n) is 17.0. The summed E-state index contributed by atoms with van der Waals surface area (Å²) in [6.45, 7) is 4.50. The highest BCUT2D eigenvalue weighted by atomic mass is 32.2. The highest BCUT2D eigenvalue weighted by molar-refractivity contribution is 8.00. The molecule has 0 aliphatic carbocycles. The first-order valence-corrected chi connectivity index (χ1v) is 10.4. The van der Waals surface area contributed by atoms with Crippen LogP contribution in [0.1, 0.15) is 26.7 Å².